The Kier molecular flexibility index (Phi) is 5.23. The van der Waals surface area contributed by atoms with E-state index in [0.717, 1.165) is 12.1 Å². The van der Waals surface area contributed by atoms with E-state index in [0.29, 0.717) is 18.2 Å². The van der Waals surface area contributed by atoms with Crippen LogP contribution in [0.1, 0.15) is 0 Å². The molecule has 0 atom stereocenters. The highest BCUT2D eigenvalue weighted by Crippen LogP contribution is 2.47. The summed E-state index contributed by atoms with van der Waals surface area (Å²) in [5.74, 6) is -15.6. The van der Waals surface area contributed by atoms with Crippen LogP contribution in [0.5, 0.6) is 0 Å². The van der Waals surface area contributed by atoms with Gasteiger partial charge < -0.3 is 0 Å². The molecule has 0 heterocycles. The summed E-state index contributed by atoms with van der Waals surface area (Å²) in [6.07, 6.45) is 0. The average Bonchev–Trinajstić information content (AvgIpc) is 2.83. The van der Waals surface area contributed by atoms with E-state index in [1.54, 1.807) is 0 Å². The molecule has 176 valence electrons. The van der Waals surface area contributed by atoms with Crippen molar-refractivity contribution in [3.05, 3.63) is 107 Å². The second kappa shape index (κ2) is 8.04. The molecular formula is C26H9F9. The van der Waals surface area contributed by atoms with Crippen molar-refractivity contribution in [3.63, 3.8) is 0 Å². The minimum absolute atomic E-state index is 0.0602. The first-order valence-corrected chi connectivity index (χ1v) is 9.92. The summed E-state index contributed by atoms with van der Waals surface area (Å²) in [5, 5.41) is -2.06. The van der Waals surface area contributed by atoms with E-state index in [1.807, 2.05) is 0 Å². The third-order valence-corrected chi connectivity index (χ3v) is 5.71. The van der Waals surface area contributed by atoms with Crippen molar-refractivity contribution in [2.24, 2.45) is 0 Å². The number of fused-ring (bicyclic) bond motifs is 2. The molecule has 0 bridgehead atoms. The Morgan fingerprint density at radius 3 is 1.49 bits per heavy atom. The maximum Gasteiger partial charge on any atom is 0.198 e. The lowest BCUT2D eigenvalue weighted by Gasteiger charge is -2.19. The van der Waals surface area contributed by atoms with Gasteiger partial charge in [-0.15, -0.1) is 0 Å². The smallest absolute Gasteiger partial charge is 0.198 e. The van der Waals surface area contributed by atoms with Gasteiger partial charge in [0.2, 0.25) is 0 Å². The van der Waals surface area contributed by atoms with Crippen molar-refractivity contribution in [1.82, 2.24) is 0 Å². The highest BCUT2D eigenvalue weighted by atomic mass is 19.2. The van der Waals surface area contributed by atoms with Crippen molar-refractivity contribution >= 4 is 21.5 Å². The highest BCUT2D eigenvalue weighted by Gasteiger charge is 2.29. The Balaban J connectivity index is 2.12. The van der Waals surface area contributed by atoms with Crippen LogP contribution in [0.25, 0.3) is 43.8 Å². The fourth-order valence-electron chi connectivity index (χ4n) is 4.26. The lowest BCUT2D eigenvalue weighted by molar-refractivity contribution is 0.418. The molecule has 0 fully saturated rings. The molecule has 0 radical (unpaired) electrons. The summed E-state index contributed by atoms with van der Waals surface area (Å²) in [6.45, 7) is 0. The quantitative estimate of drug-likeness (QED) is 0.100. The summed E-state index contributed by atoms with van der Waals surface area (Å²) in [7, 11) is 0. The molecule has 0 amide bonds. The summed E-state index contributed by atoms with van der Waals surface area (Å²) < 4.78 is 129. The normalized spacial score (nSPS) is 11.6. The molecule has 0 aliphatic heterocycles. The molecule has 0 N–H and O–H groups in total. The predicted molar refractivity (Wildman–Crippen MR) is 112 cm³/mol. The van der Waals surface area contributed by atoms with Crippen molar-refractivity contribution in [2.75, 3.05) is 0 Å². The molecule has 0 aliphatic carbocycles. The molecule has 0 saturated heterocycles. The van der Waals surface area contributed by atoms with Gasteiger partial charge in [0.15, 0.2) is 40.7 Å². The SMILES string of the molecule is Fc1ccc(-c2c3ccccc3c(-c3cc(F)c(F)c(F)c3)c3c(F)c(F)c(F)c(F)c23)c(F)c1. The third-order valence-electron chi connectivity index (χ3n) is 5.71. The van der Waals surface area contributed by atoms with E-state index < -0.39 is 85.4 Å². The third kappa shape index (κ3) is 3.33. The summed E-state index contributed by atoms with van der Waals surface area (Å²) >= 11 is 0. The fourth-order valence-corrected chi connectivity index (χ4v) is 4.26. The topological polar surface area (TPSA) is 0 Å². The minimum atomic E-state index is -2.22. The van der Waals surface area contributed by atoms with E-state index in [-0.39, 0.29) is 10.8 Å². The molecule has 0 aromatic heterocycles. The zero-order chi connectivity index (χ0) is 25.2. The summed E-state index contributed by atoms with van der Waals surface area (Å²) in [5.41, 5.74) is -1.93. The Hall–Kier alpha value is -4.01. The first-order valence-electron chi connectivity index (χ1n) is 9.92. The Bertz CT molecular complexity index is 1670. The monoisotopic (exact) mass is 492 g/mol. The van der Waals surface area contributed by atoms with Gasteiger partial charge in [-0.25, -0.2) is 39.5 Å². The van der Waals surface area contributed by atoms with Gasteiger partial charge in [0.25, 0.3) is 0 Å². The molecule has 0 unspecified atom stereocenters. The standard InChI is InChI=1S/C26H9F9/c27-11-5-6-14(15(28)9-11)19-13-4-2-1-3-12(13)18(10-7-16(29)22(31)17(30)8-10)20-21(19)24(33)26(35)25(34)23(20)32/h1-9H. The number of rotatable bonds is 2. The van der Waals surface area contributed by atoms with Crippen LogP contribution in [0.4, 0.5) is 39.5 Å². The largest absolute Gasteiger partial charge is 0.207 e. The zero-order valence-corrected chi connectivity index (χ0v) is 17.1. The van der Waals surface area contributed by atoms with Crippen LogP contribution in [-0.4, -0.2) is 0 Å². The summed E-state index contributed by atoms with van der Waals surface area (Å²) in [4.78, 5) is 0. The maximum absolute atomic E-state index is 15.3. The molecule has 0 nitrogen and oxygen atoms in total. The van der Waals surface area contributed by atoms with Crippen LogP contribution in [0.15, 0.2) is 54.6 Å². The molecule has 0 aliphatic rings. The van der Waals surface area contributed by atoms with Crippen molar-refractivity contribution in [2.45, 2.75) is 0 Å². The molecule has 5 rings (SSSR count). The molecule has 35 heavy (non-hydrogen) atoms. The zero-order valence-electron chi connectivity index (χ0n) is 17.1. The van der Waals surface area contributed by atoms with Gasteiger partial charge in [0.05, 0.1) is 0 Å². The van der Waals surface area contributed by atoms with Crippen LogP contribution < -0.4 is 0 Å². The number of benzene rings is 5. The van der Waals surface area contributed by atoms with E-state index >= 15 is 8.78 Å². The van der Waals surface area contributed by atoms with Crippen LogP contribution in [0, 0.1) is 52.4 Å². The number of halogens is 9. The van der Waals surface area contributed by atoms with Gasteiger partial charge in [-0.05, 0) is 40.6 Å². The van der Waals surface area contributed by atoms with Gasteiger partial charge in [0, 0.05) is 33.5 Å². The fraction of sp³-hybridized carbons (Fsp3) is 0. The van der Waals surface area contributed by atoms with Gasteiger partial charge >= 0.3 is 0 Å². The van der Waals surface area contributed by atoms with E-state index in [2.05, 4.69) is 0 Å². The molecular weight excluding hydrogens is 483 g/mol. The van der Waals surface area contributed by atoms with Crippen molar-refractivity contribution in [1.29, 1.82) is 0 Å². The molecule has 5 aromatic rings. The van der Waals surface area contributed by atoms with Crippen LogP contribution >= 0.6 is 0 Å². The van der Waals surface area contributed by atoms with Crippen LogP contribution in [0.3, 0.4) is 0 Å². The highest BCUT2D eigenvalue weighted by molar-refractivity contribution is 6.21. The second-order valence-corrected chi connectivity index (χ2v) is 7.68. The van der Waals surface area contributed by atoms with Gasteiger partial charge in [0.1, 0.15) is 11.6 Å². The maximum atomic E-state index is 15.3. The van der Waals surface area contributed by atoms with Gasteiger partial charge in [-0.1, -0.05) is 24.3 Å². The molecule has 5 aromatic carbocycles. The van der Waals surface area contributed by atoms with E-state index in [1.165, 1.54) is 24.3 Å². The number of hydrogen-bond donors (Lipinski definition) is 0. The van der Waals surface area contributed by atoms with Crippen molar-refractivity contribution in [3.8, 4) is 22.3 Å². The Morgan fingerprint density at radius 2 is 0.943 bits per heavy atom. The lowest BCUT2D eigenvalue weighted by Crippen LogP contribution is -2.03. The Morgan fingerprint density at radius 1 is 0.429 bits per heavy atom. The van der Waals surface area contributed by atoms with Crippen molar-refractivity contribution < 1.29 is 39.5 Å². The summed E-state index contributed by atoms with van der Waals surface area (Å²) in [6, 6.07) is 8.54. The van der Waals surface area contributed by atoms with Crippen LogP contribution in [-0.2, 0) is 0 Å². The Labute approximate surface area is 190 Å². The van der Waals surface area contributed by atoms with E-state index in [4.69, 9.17) is 0 Å². The van der Waals surface area contributed by atoms with Crippen LogP contribution in [0.2, 0.25) is 0 Å². The molecule has 9 heteroatoms. The predicted octanol–water partition coefficient (Wildman–Crippen LogP) is 8.58. The second-order valence-electron chi connectivity index (χ2n) is 7.68. The molecule has 0 saturated carbocycles. The number of hydrogen-bond acceptors (Lipinski definition) is 0. The lowest BCUT2D eigenvalue weighted by atomic mass is 9.85. The first kappa shape index (κ1) is 22.8. The average molecular weight is 492 g/mol. The van der Waals surface area contributed by atoms with Gasteiger partial charge in [-0.3, -0.25) is 0 Å². The molecule has 0 spiro atoms. The first-order chi connectivity index (χ1) is 16.6. The minimum Gasteiger partial charge on any atom is -0.207 e. The van der Waals surface area contributed by atoms with Gasteiger partial charge in [-0.2, -0.15) is 0 Å². The van der Waals surface area contributed by atoms with E-state index in [9.17, 15) is 30.7 Å².